The van der Waals surface area contributed by atoms with Crippen molar-refractivity contribution < 1.29 is 18.7 Å². The first-order chi connectivity index (χ1) is 14.9. The topological polar surface area (TPSA) is 78.6 Å². The second kappa shape index (κ2) is 8.99. The number of hydrogen-bond acceptors (Lipinski definition) is 7. The molecule has 0 radical (unpaired) electrons. The number of esters is 1. The van der Waals surface area contributed by atoms with E-state index in [0.29, 0.717) is 22.0 Å². The highest BCUT2D eigenvalue weighted by atomic mass is 35.5. The van der Waals surface area contributed by atoms with Gasteiger partial charge in [-0.05, 0) is 49.1 Å². The smallest absolute Gasteiger partial charge is 0.344 e. The molecule has 2 heterocycles. The van der Waals surface area contributed by atoms with Crippen LogP contribution in [0.15, 0.2) is 62.6 Å². The van der Waals surface area contributed by atoms with Crippen LogP contribution >= 0.6 is 23.4 Å². The van der Waals surface area contributed by atoms with E-state index in [9.17, 15) is 9.59 Å². The van der Waals surface area contributed by atoms with Gasteiger partial charge in [-0.15, -0.1) is 11.8 Å². The largest absolute Gasteiger partial charge is 0.482 e. The number of thioether (sulfide) groups is 1. The van der Waals surface area contributed by atoms with Crippen LogP contribution in [0, 0.1) is 6.92 Å². The molecule has 4 rings (SSSR count). The van der Waals surface area contributed by atoms with Crippen molar-refractivity contribution in [3.05, 3.63) is 75.2 Å². The molecule has 0 saturated carbocycles. The fourth-order valence-corrected chi connectivity index (χ4v) is 3.77. The van der Waals surface area contributed by atoms with E-state index >= 15 is 0 Å². The molecule has 0 unspecified atom stereocenters. The summed E-state index contributed by atoms with van der Waals surface area (Å²) in [4.78, 5) is 29.2. The van der Waals surface area contributed by atoms with Crippen LogP contribution in [0.5, 0.6) is 5.75 Å². The zero-order valence-corrected chi connectivity index (χ0v) is 18.4. The third-order valence-corrected chi connectivity index (χ3v) is 5.77. The second-order valence-electron chi connectivity index (χ2n) is 6.85. The molecule has 6 nitrogen and oxygen atoms in total. The molecule has 0 aliphatic heterocycles. The van der Waals surface area contributed by atoms with Crippen molar-refractivity contribution in [1.29, 1.82) is 0 Å². The molecule has 2 aromatic heterocycles. The van der Waals surface area contributed by atoms with E-state index in [1.165, 1.54) is 6.07 Å². The van der Waals surface area contributed by atoms with Gasteiger partial charge in [0, 0.05) is 33.4 Å². The molecule has 2 aromatic carbocycles. The maximum absolute atomic E-state index is 12.1. The number of nitrogens with zero attached hydrogens (tertiary/aromatic N) is 1. The summed E-state index contributed by atoms with van der Waals surface area (Å²) in [6, 6.07) is 14.3. The summed E-state index contributed by atoms with van der Waals surface area (Å²) in [5.74, 6) is -0.159. The minimum Gasteiger partial charge on any atom is -0.482 e. The first-order valence-corrected chi connectivity index (χ1v) is 11.0. The number of carbonyl (C=O) groups is 1. The highest BCUT2D eigenvalue weighted by Gasteiger charge is 2.11. The first kappa shape index (κ1) is 21.2. The van der Waals surface area contributed by atoms with Gasteiger partial charge in [-0.3, -0.25) is 0 Å². The van der Waals surface area contributed by atoms with Gasteiger partial charge in [-0.25, -0.2) is 14.6 Å². The van der Waals surface area contributed by atoms with Gasteiger partial charge >= 0.3 is 11.6 Å². The number of aryl methyl sites for hydroxylation is 1. The SMILES string of the molecule is CSc1ccc2cc(COC(=O)COc3ccc4c(C)cc(=O)oc4c3)c(Cl)nc2c1. The van der Waals surface area contributed by atoms with Gasteiger partial charge in [0.05, 0.1) is 5.52 Å². The molecule has 0 aliphatic carbocycles. The van der Waals surface area contributed by atoms with Crippen molar-refractivity contribution in [3.8, 4) is 5.75 Å². The van der Waals surface area contributed by atoms with Gasteiger partial charge in [0.25, 0.3) is 0 Å². The van der Waals surface area contributed by atoms with Crippen molar-refractivity contribution in [1.82, 2.24) is 4.98 Å². The van der Waals surface area contributed by atoms with Crippen LogP contribution in [0.4, 0.5) is 0 Å². The number of hydrogen-bond donors (Lipinski definition) is 0. The van der Waals surface area contributed by atoms with Crippen molar-refractivity contribution in [2.75, 3.05) is 12.9 Å². The van der Waals surface area contributed by atoms with Crippen molar-refractivity contribution in [2.24, 2.45) is 0 Å². The van der Waals surface area contributed by atoms with Gasteiger partial charge < -0.3 is 13.9 Å². The summed E-state index contributed by atoms with van der Waals surface area (Å²) in [6.07, 6.45) is 1.99. The molecule has 0 bridgehead atoms. The standard InChI is InChI=1S/C23H18ClNO5S/c1-13-7-21(26)30-20-9-16(4-6-18(13)20)28-12-22(27)29-11-15-8-14-3-5-17(31-2)10-19(14)25-23(15)24/h3-10H,11-12H2,1-2H3. The molecule has 158 valence electrons. The lowest BCUT2D eigenvalue weighted by Gasteiger charge is -2.10. The molecule has 0 saturated heterocycles. The molecule has 0 atom stereocenters. The van der Waals surface area contributed by atoms with Gasteiger partial charge in [0.2, 0.25) is 0 Å². The molecule has 8 heteroatoms. The summed E-state index contributed by atoms with van der Waals surface area (Å²) in [5, 5.41) is 2.01. The quantitative estimate of drug-likeness (QED) is 0.172. The Morgan fingerprint density at radius 3 is 2.81 bits per heavy atom. The van der Waals surface area contributed by atoms with Crippen molar-refractivity contribution in [3.63, 3.8) is 0 Å². The number of halogens is 1. The molecule has 31 heavy (non-hydrogen) atoms. The Labute approximate surface area is 187 Å². The maximum Gasteiger partial charge on any atom is 0.344 e. The highest BCUT2D eigenvalue weighted by molar-refractivity contribution is 7.98. The van der Waals surface area contributed by atoms with Crippen molar-refractivity contribution >= 4 is 51.2 Å². The second-order valence-corrected chi connectivity index (χ2v) is 8.09. The molecular formula is C23H18ClNO5S. The van der Waals surface area contributed by atoms with E-state index in [0.717, 1.165) is 26.7 Å². The van der Waals surface area contributed by atoms with E-state index in [1.54, 1.807) is 30.0 Å². The number of benzene rings is 2. The minimum atomic E-state index is -0.556. The Kier molecular flexibility index (Phi) is 6.15. The lowest BCUT2D eigenvalue weighted by atomic mass is 10.1. The Balaban J connectivity index is 1.40. The van der Waals surface area contributed by atoms with E-state index in [-0.39, 0.29) is 13.2 Å². The fraction of sp³-hybridized carbons (Fsp3) is 0.174. The number of fused-ring (bicyclic) bond motifs is 2. The van der Waals surface area contributed by atoms with E-state index in [1.807, 2.05) is 37.4 Å². The Morgan fingerprint density at radius 1 is 1.16 bits per heavy atom. The average Bonchev–Trinajstić information content (AvgIpc) is 2.75. The summed E-state index contributed by atoms with van der Waals surface area (Å²) in [7, 11) is 0. The van der Waals surface area contributed by atoms with Crippen LogP contribution in [-0.2, 0) is 16.1 Å². The van der Waals surface area contributed by atoms with Crippen LogP contribution in [0.1, 0.15) is 11.1 Å². The maximum atomic E-state index is 12.1. The number of pyridine rings is 1. The number of rotatable bonds is 6. The zero-order valence-electron chi connectivity index (χ0n) is 16.8. The van der Waals surface area contributed by atoms with E-state index in [2.05, 4.69) is 4.98 Å². The molecule has 4 aromatic rings. The molecule has 0 aliphatic rings. The first-order valence-electron chi connectivity index (χ1n) is 9.39. The fourth-order valence-electron chi connectivity index (χ4n) is 3.13. The molecule has 0 amide bonds. The predicted molar refractivity (Wildman–Crippen MR) is 121 cm³/mol. The van der Waals surface area contributed by atoms with Crippen LogP contribution in [-0.4, -0.2) is 23.8 Å². The normalized spacial score (nSPS) is 11.1. The number of carbonyl (C=O) groups excluding carboxylic acids is 1. The van der Waals surface area contributed by atoms with Gasteiger partial charge in [0.15, 0.2) is 6.61 Å². The average molecular weight is 456 g/mol. The summed E-state index contributed by atoms with van der Waals surface area (Å²) in [5.41, 5.74) is 2.17. The van der Waals surface area contributed by atoms with Crippen molar-refractivity contribution in [2.45, 2.75) is 18.4 Å². The van der Waals surface area contributed by atoms with Gasteiger partial charge in [-0.1, -0.05) is 17.7 Å². The van der Waals surface area contributed by atoms with E-state index < -0.39 is 11.6 Å². The summed E-state index contributed by atoms with van der Waals surface area (Å²) in [6.45, 7) is 1.52. The predicted octanol–water partition coefficient (Wildman–Crippen LogP) is 5.15. The monoisotopic (exact) mass is 455 g/mol. The Bertz CT molecular complexity index is 1350. The Hall–Kier alpha value is -3.03. The molecule has 0 spiro atoms. The molecule has 0 N–H and O–H groups in total. The summed E-state index contributed by atoms with van der Waals surface area (Å²) < 4.78 is 16.0. The van der Waals surface area contributed by atoms with Crippen LogP contribution in [0.3, 0.4) is 0 Å². The Morgan fingerprint density at radius 2 is 2.00 bits per heavy atom. The van der Waals surface area contributed by atoms with Crippen LogP contribution < -0.4 is 10.4 Å². The van der Waals surface area contributed by atoms with Crippen LogP contribution in [0.2, 0.25) is 5.15 Å². The lowest BCUT2D eigenvalue weighted by molar-refractivity contribution is -0.147. The molecule has 0 fully saturated rings. The van der Waals surface area contributed by atoms with Gasteiger partial charge in [0.1, 0.15) is 23.1 Å². The summed E-state index contributed by atoms with van der Waals surface area (Å²) >= 11 is 7.89. The molecular weight excluding hydrogens is 438 g/mol. The third kappa shape index (κ3) is 4.84. The number of aromatic nitrogens is 1. The van der Waals surface area contributed by atoms with Crippen LogP contribution in [0.25, 0.3) is 21.9 Å². The third-order valence-electron chi connectivity index (χ3n) is 4.72. The zero-order chi connectivity index (χ0) is 22.0. The lowest BCUT2D eigenvalue weighted by Crippen LogP contribution is -2.15. The van der Waals surface area contributed by atoms with Gasteiger partial charge in [-0.2, -0.15) is 0 Å². The minimum absolute atomic E-state index is 0.0139. The highest BCUT2D eigenvalue weighted by Crippen LogP contribution is 2.25. The van der Waals surface area contributed by atoms with E-state index in [4.69, 9.17) is 25.5 Å². The number of ether oxygens (including phenoxy) is 2.